The van der Waals surface area contributed by atoms with Crippen LogP contribution in [0, 0.1) is 11.3 Å². The Morgan fingerprint density at radius 1 is 1.24 bits per heavy atom. The first kappa shape index (κ1) is 18.9. The van der Waals surface area contributed by atoms with Crippen LogP contribution >= 0.6 is 0 Å². The molecule has 0 heterocycles. The van der Waals surface area contributed by atoms with E-state index in [0.29, 0.717) is 17.5 Å². The molecule has 0 amide bonds. The van der Waals surface area contributed by atoms with Crippen molar-refractivity contribution in [1.82, 2.24) is 10.2 Å². The summed E-state index contributed by atoms with van der Waals surface area (Å²) in [6.07, 6.45) is 5.18. The Bertz CT molecular complexity index is 276. The summed E-state index contributed by atoms with van der Waals surface area (Å²) in [5.74, 6) is 0.775. The van der Waals surface area contributed by atoms with Crippen molar-refractivity contribution in [3.05, 3.63) is 0 Å². The van der Waals surface area contributed by atoms with E-state index in [-0.39, 0.29) is 0 Å². The number of hydrogen-bond acceptors (Lipinski definition) is 3. The lowest BCUT2D eigenvalue weighted by Gasteiger charge is -2.37. The summed E-state index contributed by atoms with van der Waals surface area (Å²) in [6, 6.07) is 1.35. The third kappa shape index (κ3) is 5.22. The molecule has 1 rings (SSSR count). The highest BCUT2D eigenvalue weighted by molar-refractivity contribution is 4.97. The van der Waals surface area contributed by atoms with E-state index < -0.39 is 0 Å². The number of hydrogen-bond donors (Lipinski definition) is 1. The molecule has 3 heteroatoms. The number of rotatable bonds is 10. The molecule has 0 aromatic rings. The Labute approximate surface area is 132 Å². The van der Waals surface area contributed by atoms with E-state index in [2.05, 4.69) is 44.8 Å². The molecule has 0 bridgehead atoms. The van der Waals surface area contributed by atoms with Gasteiger partial charge in [0.1, 0.15) is 0 Å². The molecule has 1 saturated carbocycles. The minimum absolute atomic E-state index is 0.432. The van der Waals surface area contributed by atoms with Crippen molar-refractivity contribution in [3.63, 3.8) is 0 Å². The first-order valence-corrected chi connectivity index (χ1v) is 8.96. The topological polar surface area (TPSA) is 24.5 Å². The highest BCUT2D eigenvalue weighted by Crippen LogP contribution is 2.41. The van der Waals surface area contributed by atoms with Gasteiger partial charge in [-0.15, -0.1) is 0 Å². The molecule has 0 radical (unpaired) electrons. The van der Waals surface area contributed by atoms with E-state index in [0.717, 1.165) is 25.6 Å². The van der Waals surface area contributed by atoms with Gasteiger partial charge in [-0.3, -0.25) is 4.90 Å². The summed E-state index contributed by atoms with van der Waals surface area (Å²) >= 11 is 0. The van der Waals surface area contributed by atoms with E-state index >= 15 is 0 Å². The molecule has 0 aromatic heterocycles. The third-order valence-electron chi connectivity index (χ3n) is 5.41. The van der Waals surface area contributed by atoms with Crippen LogP contribution in [-0.2, 0) is 4.74 Å². The molecule has 3 nitrogen and oxygen atoms in total. The average molecular weight is 299 g/mol. The number of nitrogens with one attached hydrogen (secondary N) is 1. The maximum absolute atomic E-state index is 5.33. The Balaban J connectivity index is 2.72. The highest BCUT2D eigenvalue weighted by atomic mass is 16.5. The molecule has 0 spiro atoms. The second-order valence-corrected chi connectivity index (χ2v) is 7.28. The lowest BCUT2D eigenvalue weighted by Crippen LogP contribution is -2.48. The summed E-state index contributed by atoms with van der Waals surface area (Å²) in [6.45, 7) is 15.9. The summed E-state index contributed by atoms with van der Waals surface area (Å²) in [7, 11) is 1.81. The van der Waals surface area contributed by atoms with Gasteiger partial charge in [-0.1, -0.05) is 34.6 Å². The number of nitrogens with zero attached hydrogens (tertiary/aromatic N) is 1. The van der Waals surface area contributed by atoms with Crippen LogP contribution < -0.4 is 5.32 Å². The molecule has 126 valence electrons. The average Bonchev–Trinajstić information content (AvgIpc) is 2.73. The minimum atomic E-state index is 0.432. The van der Waals surface area contributed by atoms with Crippen molar-refractivity contribution in [2.75, 3.05) is 33.4 Å². The van der Waals surface area contributed by atoms with Gasteiger partial charge in [0.05, 0.1) is 6.61 Å². The smallest absolute Gasteiger partial charge is 0.0589 e. The molecule has 2 unspecified atom stereocenters. The molecule has 0 saturated heterocycles. The van der Waals surface area contributed by atoms with Gasteiger partial charge in [-0.2, -0.15) is 0 Å². The Morgan fingerprint density at radius 3 is 2.43 bits per heavy atom. The van der Waals surface area contributed by atoms with Crippen LogP contribution in [0.25, 0.3) is 0 Å². The summed E-state index contributed by atoms with van der Waals surface area (Å²) < 4.78 is 5.33. The molecule has 1 N–H and O–H groups in total. The normalized spacial score (nSPS) is 25.1. The molecule has 1 aliphatic carbocycles. The first-order chi connectivity index (χ1) is 10.00. The second-order valence-electron chi connectivity index (χ2n) is 7.28. The number of methoxy groups -OCH3 is 1. The zero-order valence-electron chi connectivity index (χ0n) is 15.2. The van der Waals surface area contributed by atoms with Crippen molar-refractivity contribution in [2.24, 2.45) is 11.3 Å². The van der Waals surface area contributed by atoms with Gasteiger partial charge in [0.15, 0.2) is 0 Å². The molecule has 1 fully saturated rings. The van der Waals surface area contributed by atoms with E-state index in [4.69, 9.17) is 4.74 Å². The largest absolute Gasteiger partial charge is 0.383 e. The maximum atomic E-state index is 5.33. The second kappa shape index (κ2) is 9.12. The quantitative estimate of drug-likeness (QED) is 0.667. The summed E-state index contributed by atoms with van der Waals surface area (Å²) in [5, 5.41) is 3.76. The van der Waals surface area contributed by atoms with E-state index in [1.54, 1.807) is 0 Å². The van der Waals surface area contributed by atoms with Crippen LogP contribution in [0.5, 0.6) is 0 Å². The van der Waals surface area contributed by atoms with Crippen LogP contribution in [0.2, 0.25) is 0 Å². The van der Waals surface area contributed by atoms with E-state index in [1.165, 1.54) is 32.2 Å². The predicted octanol–water partition coefficient (Wildman–Crippen LogP) is 3.54. The van der Waals surface area contributed by atoms with E-state index in [9.17, 15) is 0 Å². The third-order valence-corrected chi connectivity index (χ3v) is 5.41. The molecule has 0 aromatic carbocycles. The van der Waals surface area contributed by atoms with Gasteiger partial charge in [0, 0.05) is 32.3 Å². The van der Waals surface area contributed by atoms with Crippen molar-refractivity contribution in [1.29, 1.82) is 0 Å². The zero-order chi connectivity index (χ0) is 15.9. The summed E-state index contributed by atoms with van der Waals surface area (Å²) in [4.78, 5) is 2.68. The highest BCUT2D eigenvalue weighted by Gasteiger charge is 2.42. The lowest BCUT2D eigenvalue weighted by atomic mass is 9.84. The van der Waals surface area contributed by atoms with Gasteiger partial charge in [0.25, 0.3) is 0 Å². The van der Waals surface area contributed by atoms with Crippen LogP contribution in [0.15, 0.2) is 0 Å². The Morgan fingerprint density at radius 2 is 1.90 bits per heavy atom. The zero-order valence-corrected chi connectivity index (χ0v) is 15.2. The van der Waals surface area contributed by atoms with Gasteiger partial charge >= 0.3 is 0 Å². The first-order valence-electron chi connectivity index (χ1n) is 8.96. The van der Waals surface area contributed by atoms with Gasteiger partial charge in [-0.05, 0) is 43.6 Å². The van der Waals surface area contributed by atoms with Crippen LogP contribution in [-0.4, -0.2) is 50.3 Å². The predicted molar refractivity (Wildman–Crippen MR) is 91.8 cm³/mol. The fourth-order valence-electron chi connectivity index (χ4n) is 4.11. The minimum Gasteiger partial charge on any atom is -0.383 e. The van der Waals surface area contributed by atoms with Crippen LogP contribution in [0.1, 0.15) is 60.3 Å². The number of ether oxygens (including phenoxy) is 1. The molecule has 21 heavy (non-hydrogen) atoms. The van der Waals surface area contributed by atoms with Gasteiger partial charge in [0.2, 0.25) is 0 Å². The van der Waals surface area contributed by atoms with Crippen LogP contribution in [0.4, 0.5) is 0 Å². The lowest BCUT2D eigenvalue weighted by molar-refractivity contribution is 0.0927. The Hall–Kier alpha value is -0.120. The van der Waals surface area contributed by atoms with Crippen molar-refractivity contribution in [2.45, 2.75) is 72.4 Å². The van der Waals surface area contributed by atoms with E-state index in [1.807, 2.05) is 7.11 Å². The molecule has 2 atom stereocenters. The van der Waals surface area contributed by atoms with Crippen molar-refractivity contribution < 1.29 is 4.74 Å². The van der Waals surface area contributed by atoms with Gasteiger partial charge < -0.3 is 10.1 Å². The standard InChI is InChI=1S/C18H38N2O/c1-7-16(8-2)20(12-13-21-6)14-15-10-11-18(4,5)17(15)19-9-3/h15-17,19H,7-14H2,1-6H3. The molecular weight excluding hydrogens is 260 g/mol. The Kier molecular flexibility index (Phi) is 8.22. The SMILES string of the molecule is CCNC1C(CN(CCOC)C(CC)CC)CCC1(C)C. The summed E-state index contributed by atoms with van der Waals surface area (Å²) in [5.41, 5.74) is 0.432. The maximum Gasteiger partial charge on any atom is 0.0589 e. The van der Waals surface area contributed by atoms with Crippen molar-refractivity contribution in [3.8, 4) is 0 Å². The fraction of sp³-hybridized carbons (Fsp3) is 1.00. The molecule has 0 aliphatic heterocycles. The fourth-order valence-corrected chi connectivity index (χ4v) is 4.11. The molecular formula is C18H38N2O. The monoisotopic (exact) mass is 298 g/mol. The van der Waals surface area contributed by atoms with Gasteiger partial charge in [-0.25, -0.2) is 0 Å². The van der Waals surface area contributed by atoms with Crippen molar-refractivity contribution >= 4 is 0 Å². The van der Waals surface area contributed by atoms with Crippen LogP contribution in [0.3, 0.4) is 0 Å². The molecule has 1 aliphatic rings.